The van der Waals surface area contributed by atoms with Crippen LogP contribution >= 0.6 is 0 Å². The monoisotopic (exact) mass is 401 g/mol. The van der Waals surface area contributed by atoms with Crippen LogP contribution in [0.15, 0.2) is 41.5 Å². The molecule has 1 N–H and O–H groups in total. The van der Waals surface area contributed by atoms with Gasteiger partial charge in [-0.1, -0.05) is 0 Å². The van der Waals surface area contributed by atoms with Gasteiger partial charge in [0, 0.05) is 25.4 Å². The lowest BCUT2D eigenvalue weighted by molar-refractivity contribution is -0.192. The Bertz CT molecular complexity index is 749. The molecule has 7 nitrogen and oxygen atoms in total. The minimum atomic E-state index is -5.08. The molecule has 1 spiro atoms. The molecule has 10 heteroatoms. The fraction of sp³-hybridized carbons (Fsp3) is 0.556. The number of hydrogen-bond donors (Lipinski definition) is 1. The van der Waals surface area contributed by atoms with Crippen LogP contribution < -0.4 is 0 Å². The molecule has 154 valence electrons. The number of halogens is 3. The summed E-state index contributed by atoms with van der Waals surface area (Å²) in [6.07, 6.45) is 5.88. The van der Waals surface area contributed by atoms with Crippen LogP contribution in [0, 0.1) is 0 Å². The molecule has 2 aromatic heterocycles. The smallest absolute Gasteiger partial charge is 0.475 e. The van der Waals surface area contributed by atoms with Gasteiger partial charge in [-0.15, -0.1) is 0 Å². The van der Waals surface area contributed by atoms with E-state index in [1.165, 1.54) is 6.42 Å². The molecule has 28 heavy (non-hydrogen) atoms. The van der Waals surface area contributed by atoms with Crippen LogP contribution in [0.4, 0.5) is 13.2 Å². The number of rotatable bonds is 3. The van der Waals surface area contributed by atoms with E-state index in [9.17, 15) is 13.2 Å². The topological polar surface area (TPSA) is 80.7 Å². The zero-order valence-corrected chi connectivity index (χ0v) is 15.1. The van der Waals surface area contributed by atoms with Crippen LogP contribution in [-0.4, -0.2) is 57.0 Å². The van der Waals surface area contributed by atoms with Crippen LogP contribution in [-0.2, 0) is 16.1 Å². The van der Waals surface area contributed by atoms with Gasteiger partial charge in [-0.3, -0.25) is 4.90 Å². The first-order chi connectivity index (χ1) is 13.3. The van der Waals surface area contributed by atoms with Crippen molar-refractivity contribution in [2.75, 3.05) is 19.7 Å². The number of carboxylic acid groups (broad SMARTS) is 1. The Morgan fingerprint density at radius 3 is 2.82 bits per heavy atom. The summed E-state index contributed by atoms with van der Waals surface area (Å²) in [7, 11) is 0. The fourth-order valence-corrected chi connectivity index (χ4v) is 3.73. The van der Waals surface area contributed by atoms with Gasteiger partial charge in [-0.2, -0.15) is 13.2 Å². The highest BCUT2D eigenvalue weighted by molar-refractivity contribution is 5.73. The SMILES string of the molecule is O=C(O)C(F)(F)F.c1coc(CN2CCCC3(CC(n4ccnc4)CO3)C2)c1. The molecule has 2 fully saturated rings. The van der Waals surface area contributed by atoms with Gasteiger partial charge in [0.05, 0.1) is 37.4 Å². The summed E-state index contributed by atoms with van der Waals surface area (Å²) in [5, 5.41) is 7.12. The summed E-state index contributed by atoms with van der Waals surface area (Å²) >= 11 is 0. The van der Waals surface area contributed by atoms with Crippen molar-refractivity contribution in [1.82, 2.24) is 14.5 Å². The van der Waals surface area contributed by atoms with Gasteiger partial charge in [0.1, 0.15) is 5.76 Å². The Kier molecular flexibility index (Phi) is 6.09. The Labute approximate surface area is 159 Å². The summed E-state index contributed by atoms with van der Waals surface area (Å²) in [4.78, 5) is 15.5. The van der Waals surface area contributed by atoms with E-state index in [-0.39, 0.29) is 5.60 Å². The minimum Gasteiger partial charge on any atom is -0.475 e. The van der Waals surface area contributed by atoms with Crippen molar-refractivity contribution in [3.05, 3.63) is 42.9 Å². The van der Waals surface area contributed by atoms with Crippen molar-refractivity contribution in [2.45, 2.75) is 43.6 Å². The lowest BCUT2D eigenvalue weighted by Gasteiger charge is -2.39. The zero-order valence-electron chi connectivity index (χ0n) is 15.1. The predicted molar refractivity (Wildman–Crippen MR) is 91.5 cm³/mol. The number of furan rings is 1. The summed E-state index contributed by atoms with van der Waals surface area (Å²) in [5.74, 6) is -1.72. The standard InChI is InChI=1S/C16H21N3O2.C2HF3O2/c1-3-15(20-8-1)10-18-6-2-4-16(12-18)9-14(11-21-16)19-7-5-17-13-19;3-2(4,5)1(6)7/h1,3,5,7-8,13-14H,2,4,6,9-12H2;(H,6,7). The molecule has 2 aliphatic heterocycles. The Morgan fingerprint density at radius 1 is 1.43 bits per heavy atom. The first kappa shape index (κ1) is 20.4. The van der Waals surface area contributed by atoms with E-state index in [1.54, 1.807) is 6.26 Å². The molecule has 0 aliphatic carbocycles. The molecule has 0 radical (unpaired) electrons. The number of likely N-dealkylation sites (tertiary alicyclic amines) is 1. The van der Waals surface area contributed by atoms with Crippen molar-refractivity contribution in [3.63, 3.8) is 0 Å². The third-order valence-corrected chi connectivity index (χ3v) is 4.96. The molecule has 2 saturated heterocycles. The molecule has 2 aromatic rings. The quantitative estimate of drug-likeness (QED) is 0.851. The van der Waals surface area contributed by atoms with E-state index in [4.69, 9.17) is 19.1 Å². The molecule has 2 atom stereocenters. The zero-order chi connectivity index (χ0) is 20.2. The average molecular weight is 401 g/mol. The Balaban J connectivity index is 0.000000279. The highest BCUT2D eigenvalue weighted by Gasteiger charge is 2.44. The van der Waals surface area contributed by atoms with Crippen molar-refractivity contribution in [3.8, 4) is 0 Å². The van der Waals surface area contributed by atoms with Gasteiger partial charge in [0.25, 0.3) is 0 Å². The maximum absolute atomic E-state index is 10.6. The average Bonchev–Trinajstić information content (AvgIpc) is 3.37. The van der Waals surface area contributed by atoms with E-state index in [1.807, 2.05) is 30.9 Å². The van der Waals surface area contributed by atoms with Gasteiger partial charge in [0.15, 0.2) is 0 Å². The number of aromatic nitrogens is 2. The molecular formula is C18H22F3N3O4. The Morgan fingerprint density at radius 2 is 2.21 bits per heavy atom. The number of aliphatic carboxylic acids is 1. The molecule has 4 heterocycles. The highest BCUT2D eigenvalue weighted by Crippen LogP contribution is 2.39. The predicted octanol–water partition coefficient (Wildman–Crippen LogP) is 3.11. The molecule has 0 saturated carbocycles. The van der Waals surface area contributed by atoms with Crippen LogP contribution in [0.3, 0.4) is 0 Å². The van der Waals surface area contributed by atoms with Gasteiger partial charge in [-0.05, 0) is 31.5 Å². The number of hydrogen-bond acceptors (Lipinski definition) is 5. The summed E-state index contributed by atoms with van der Waals surface area (Å²) in [5.41, 5.74) is 0.0137. The number of imidazole rings is 1. The molecule has 2 aliphatic rings. The maximum Gasteiger partial charge on any atom is 0.490 e. The van der Waals surface area contributed by atoms with Crippen molar-refractivity contribution in [2.24, 2.45) is 0 Å². The minimum absolute atomic E-state index is 0.0137. The number of alkyl halides is 3. The third kappa shape index (κ3) is 5.14. The van der Waals surface area contributed by atoms with Crippen LogP contribution in [0.1, 0.15) is 31.1 Å². The molecule has 0 bridgehead atoms. The summed E-state index contributed by atoms with van der Waals surface area (Å²) in [6.45, 7) is 3.80. The highest BCUT2D eigenvalue weighted by atomic mass is 19.4. The van der Waals surface area contributed by atoms with E-state index in [0.29, 0.717) is 6.04 Å². The molecule has 4 rings (SSSR count). The normalized spacial score (nSPS) is 25.5. The van der Waals surface area contributed by atoms with Gasteiger partial charge in [0.2, 0.25) is 0 Å². The van der Waals surface area contributed by atoms with Gasteiger partial charge >= 0.3 is 12.1 Å². The molecule has 2 unspecified atom stereocenters. The second-order valence-corrected chi connectivity index (χ2v) is 7.06. The first-order valence-electron chi connectivity index (χ1n) is 8.94. The molecular weight excluding hydrogens is 379 g/mol. The van der Waals surface area contributed by atoms with E-state index in [0.717, 1.165) is 44.8 Å². The van der Waals surface area contributed by atoms with Crippen molar-refractivity contribution < 1.29 is 32.2 Å². The summed E-state index contributed by atoms with van der Waals surface area (Å²) < 4.78 is 45.6. The lowest BCUT2D eigenvalue weighted by Crippen LogP contribution is -2.47. The number of piperidine rings is 1. The third-order valence-electron chi connectivity index (χ3n) is 4.96. The maximum atomic E-state index is 10.6. The van der Waals surface area contributed by atoms with E-state index < -0.39 is 12.1 Å². The molecule has 0 aromatic carbocycles. The van der Waals surface area contributed by atoms with Gasteiger partial charge in [-0.25, -0.2) is 9.78 Å². The lowest BCUT2D eigenvalue weighted by atomic mass is 9.88. The Hall–Kier alpha value is -2.33. The second kappa shape index (κ2) is 8.36. The fourth-order valence-electron chi connectivity index (χ4n) is 3.73. The van der Waals surface area contributed by atoms with Crippen molar-refractivity contribution in [1.29, 1.82) is 0 Å². The van der Waals surface area contributed by atoms with E-state index in [2.05, 4.69) is 14.5 Å². The second-order valence-electron chi connectivity index (χ2n) is 7.06. The van der Waals surface area contributed by atoms with E-state index >= 15 is 0 Å². The number of nitrogens with zero attached hydrogens (tertiary/aromatic N) is 3. The van der Waals surface area contributed by atoms with Crippen molar-refractivity contribution >= 4 is 5.97 Å². The van der Waals surface area contributed by atoms with Crippen LogP contribution in [0.25, 0.3) is 0 Å². The number of carboxylic acids is 1. The van der Waals surface area contributed by atoms with Crippen LogP contribution in [0.5, 0.6) is 0 Å². The summed E-state index contributed by atoms with van der Waals surface area (Å²) in [6, 6.07) is 4.43. The van der Waals surface area contributed by atoms with Crippen LogP contribution in [0.2, 0.25) is 0 Å². The van der Waals surface area contributed by atoms with Gasteiger partial charge < -0.3 is 18.8 Å². The number of ether oxygens (including phenoxy) is 1. The first-order valence-corrected chi connectivity index (χ1v) is 8.94. The largest absolute Gasteiger partial charge is 0.490 e. The molecule has 0 amide bonds. The number of carbonyl (C=O) groups is 1.